The van der Waals surface area contributed by atoms with Crippen LogP contribution in [0.2, 0.25) is 0 Å². The van der Waals surface area contributed by atoms with E-state index in [0.717, 1.165) is 12.1 Å². The lowest BCUT2D eigenvalue weighted by molar-refractivity contribution is -0.384. The van der Waals surface area contributed by atoms with Crippen molar-refractivity contribution < 1.29 is 19.2 Å². The van der Waals surface area contributed by atoms with E-state index in [1.807, 2.05) is 0 Å². The first-order chi connectivity index (χ1) is 12.8. The van der Waals surface area contributed by atoms with E-state index in [0.29, 0.717) is 35.2 Å². The van der Waals surface area contributed by atoms with Gasteiger partial charge in [0.25, 0.3) is 5.69 Å². The number of hydrogen-bond donors (Lipinski definition) is 1. The number of carbonyl (C=O) groups excluding carboxylic acids is 2. The molecular weight excluding hydrogens is 348 g/mol. The summed E-state index contributed by atoms with van der Waals surface area (Å²) in [7, 11) is 0. The number of esters is 1. The van der Waals surface area contributed by atoms with Crippen LogP contribution in [0.3, 0.4) is 0 Å². The summed E-state index contributed by atoms with van der Waals surface area (Å²) in [4.78, 5) is 36.3. The SMILES string of the molecule is CC1=C(C(=O)OC(C)C)C(c2cccc([N+](=O)[O-])c2)C2=C(CCCC2=O)N1. The van der Waals surface area contributed by atoms with Crippen LogP contribution < -0.4 is 5.32 Å². The monoisotopic (exact) mass is 370 g/mol. The molecule has 1 aromatic rings. The van der Waals surface area contributed by atoms with E-state index < -0.39 is 16.8 Å². The van der Waals surface area contributed by atoms with E-state index in [9.17, 15) is 19.7 Å². The van der Waals surface area contributed by atoms with E-state index in [-0.39, 0.29) is 17.6 Å². The highest BCUT2D eigenvalue weighted by molar-refractivity contribution is 6.03. The number of nitrogens with zero attached hydrogens (tertiary/aromatic N) is 1. The minimum atomic E-state index is -0.666. The van der Waals surface area contributed by atoms with Crippen molar-refractivity contribution in [3.8, 4) is 0 Å². The van der Waals surface area contributed by atoms with Crippen molar-refractivity contribution >= 4 is 17.4 Å². The van der Waals surface area contributed by atoms with Crippen LogP contribution in [0.15, 0.2) is 46.8 Å². The largest absolute Gasteiger partial charge is 0.460 e. The Bertz CT molecular complexity index is 882. The Morgan fingerprint density at radius 3 is 2.74 bits per heavy atom. The van der Waals surface area contributed by atoms with Crippen molar-refractivity contribution in [2.75, 3.05) is 0 Å². The summed E-state index contributed by atoms with van der Waals surface area (Å²) in [5.74, 6) is -1.22. The summed E-state index contributed by atoms with van der Waals surface area (Å²) >= 11 is 0. The molecule has 7 heteroatoms. The van der Waals surface area contributed by atoms with E-state index >= 15 is 0 Å². The van der Waals surface area contributed by atoms with Crippen LogP contribution in [0.4, 0.5) is 5.69 Å². The number of nitrogens with one attached hydrogen (secondary N) is 1. The number of Topliss-reactive ketones (excluding diaryl/α,β-unsaturated/α-hetero) is 1. The summed E-state index contributed by atoms with van der Waals surface area (Å²) in [6.45, 7) is 5.27. The predicted molar refractivity (Wildman–Crippen MR) is 98.8 cm³/mol. The van der Waals surface area contributed by atoms with Gasteiger partial charge >= 0.3 is 5.97 Å². The zero-order chi connectivity index (χ0) is 19.7. The van der Waals surface area contributed by atoms with Gasteiger partial charge in [0, 0.05) is 41.4 Å². The van der Waals surface area contributed by atoms with Crippen LogP contribution in [0.1, 0.15) is 51.5 Å². The molecule has 1 aliphatic heterocycles. The highest BCUT2D eigenvalue weighted by Gasteiger charge is 2.39. The van der Waals surface area contributed by atoms with Gasteiger partial charge in [-0.3, -0.25) is 14.9 Å². The second-order valence-corrected chi connectivity index (χ2v) is 7.07. The van der Waals surface area contributed by atoms with Gasteiger partial charge in [-0.15, -0.1) is 0 Å². The summed E-state index contributed by atoms with van der Waals surface area (Å²) in [5.41, 5.74) is 2.72. The van der Waals surface area contributed by atoms with Crippen LogP contribution in [-0.4, -0.2) is 22.8 Å². The van der Waals surface area contributed by atoms with Crippen molar-refractivity contribution in [1.82, 2.24) is 5.32 Å². The Kier molecular flexibility index (Phi) is 5.12. The molecule has 142 valence electrons. The molecule has 7 nitrogen and oxygen atoms in total. The number of nitro benzene ring substituents is 1. The lowest BCUT2D eigenvalue weighted by atomic mass is 9.75. The molecule has 0 saturated carbocycles. The molecule has 0 amide bonds. The molecule has 0 aromatic heterocycles. The Labute approximate surface area is 157 Å². The van der Waals surface area contributed by atoms with Crippen LogP contribution in [0.25, 0.3) is 0 Å². The quantitative estimate of drug-likeness (QED) is 0.495. The van der Waals surface area contributed by atoms with Crippen LogP contribution in [0, 0.1) is 10.1 Å². The highest BCUT2D eigenvalue weighted by atomic mass is 16.6. The summed E-state index contributed by atoms with van der Waals surface area (Å²) in [6.07, 6.45) is 1.53. The second kappa shape index (κ2) is 7.34. The van der Waals surface area contributed by atoms with Gasteiger partial charge in [-0.1, -0.05) is 12.1 Å². The molecular formula is C20H22N2O5. The molecule has 0 fully saturated rings. The van der Waals surface area contributed by atoms with Gasteiger partial charge < -0.3 is 10.1 Å². The Hall–Kier alpha value is -2.96. The van der Waals surface area contributed by atoms with Gasteiger partial charge in [0.1, 0.15) is 0 Å². The molecule has 1 unspecified atom stereocenters. The molecule has 1 aromatic carbocycles. The van der Waals surface area contributed by atoms with Gasteiger partial charge in [-0.05, 0) is 39.2 Å². The molecule has 27 heavy (non-hydrogen) atoms. The van der Waals surface area contributed by atoms with Crippen molar-refractivity contribution in [2.24, 2.45) is 0 Å². The molecule has 0 spiro atoms. The molecule has 3 rings (SSSR count). The van der Waals surface area contributed by atoms with Gasteiger partial charge in [-0.2, -0.15) is 0 Å². The van der Waals surface area contributed by atoms with Crippen molar-refractivity contribution in [1.29, 1.82) is 0 Å². The summed E-state index contributed by atoms with van der Waals surface area (Å²) in [5, 5.41) is 14.4. The smallest absolute Gasteiger partial charge is 0.337 e. The molecule has 0 saturated heterocycles. The zero-order valence-corrected chi connectivity index (χ0v) is 15.6. The number of ether oxygens (including phenoxy) is 1. The van der Waals surface area contributed by atoms with Crippen LogP contribution >= 0.6 is 0 Å². The lowest BCUT2D eigenvalue weighted by Crippen LogP contribution is -2.35. The molecule has 2 aliphatic rings. The van der Waals surface area contributed by atoms with Crippen molar-refractivity contribution in [2.45, 2.75) is 52.1 Å². The summed E-state index contributed by atoms with van der Waals surface area (Å²) < 4.78 is 5.40. The number of carbonyl (C=O) groups is 2. The fourth-order valence-corrected chi connectivity index (χ4v) is 3.68. The molecule has 0 bridgehead atoms. The van der Waals surface area contributed by atoms with Crippen molar-refractivity contribution in [3.63, 3.8) is 0 Å². The van der Waals surface area contributed by atoms with E-state index in [1.54, 1.807) is 32.9 Å². The lowest BCUT2D eigenvalue weighted by Gasteiger charge is -2.34. The number of non-ortho nitro benzene ring substituents is 1. The Morgan fingerprint density at radius 1 is 1.33 bits per heavy atom. The fourth-order valence-electron chi connectivity index (χ4n) is 3.68. The van der Waals surface area contributed by atoms with Gasteiger partial charge in [0.05, 0.1) is 16.6 Å². The van der Waals surface area contributed by atoms with Crippen molar-refractivity contribution in [3.05, 3.63) is 62.5 Å². The van der Waals surface area contributed by atoms with Crippen LogP contribution in [-0.2, 0) is 14.3 Å². The first-order valence-electron chi connectivity index (χ1n) is 8.99. The average molecular weight is 370 g/mol. The minimum Gasteiger partial charge on any atom is -0.460 e. The number of ketones is 1. The van der Waals surface area contributed by atoms with Gasteiger partial charge in [0.2, 0.25) is 0 Å². The predicted octanol–water partition coefficient (Wildman–Crippen LogP) is 3.51. The third-order valence-corrected chi connectivity index (χ3v) is 4.75. The molecule has 1 heterocycles. The maximum Gasteiger partial charge on any atom is 0.337 e. The maximum absolute atomic E-state index is 12.8. The number of nitro groups is 1. The summed E-state index contributed by atoms with van der Waals surface area (Å²) in [6, 6.07) is 6.11. The molecule has 1 atom stereocenters. The second-order valence-electron chi connectivity index (χ2n) is 7.07. The maximum atomic E-state index is 12.8. The third-order valence-electron chi connectivity index (χ3n) is 4.75. The Balaban J connectivity index is 2.17. The molecule has 1 aliphatic carbocycles. The normalized spacial score (nSPS) is 19.7. The Morgan fingerprint density at radius 2 is 2.07 bits per heavy atom. The van der Waals surface area contributed by atoms with Gasteiger partial charge in [-0.25, -0.2) is 4.79 Å². The standard InChI is InChI=1S/C20H22N2O5/c1-11(2)27-20(24)17-12(3)21-15-8-5-9-16(23)19(15)18(17)13-6-4-7-14(10-13)22(25)26/h4,6-7,10-11,18,21H,5,8-9H2,1-3H3. The number of benzene rings is 1. The van der Waals surface area contributed by atoms with Gasteiger partial charge in [0.15, 0.2) is 5.78 Å². The molecule has 0 radical (unpaired) electrons. The minimum absolute atomic E-state index is 0.0393. The number of allylic oxidation sites excluding steroid dienone is 3. The first kappa shape index (κ1) is 18.8. The fraction of sp³-hybridized carbons (Fsp3) is 0.400. The van der Waals surface area contributed by atoms with Crippen LogP contribution in [0.5, 0.6) is 0 Å². The zero-order valence-electron chi connectivity index (χ0n) is 15.6. The first-order valence-corrected chi connectivity index (χ1v) is 8.99. The average Bonchev–Trinajstić information content (AvgIpc) is 2.60. The number of dihydropyridines is 1. The van der Waals surface area contributed by atoms with E-state index in [4.69, 9.17) is 4.74 Å². The number of rotatable bonds is 4. The number of hydrogen-bond acceptors (Lipinski definition) is 6. The third kappa shape index (κ3) is 3.63. The highest BCUT2D eigenvalue weighted by Crippen LogP contribution is 2.43. The molecule has 1 N–H and O–H groups in total. The van der Waals surface area contributed by atoms with E-state index in [1.165, 1.54) is 12.1 Å². The topological polar surface area (TPSA) is 98.5 Å². The van der Waals surface area contributed by atoms with E-state index in [2.05, 4.69) is 5.32 Å².